The van der Waals surface area contributed by atoms with E-state index in [1.54, 1.807) is 66.7 Å². The molecule has 6 N–H and O–H groups in total. The van der Waals surface area contributed by atoms with Crippen LogP contribution in [0.3, 0.4) is 0 Å². The van der Waals surface area contributed by atoms with Crippen LogP contribution in [0, 0.1) is 0 Å². The van der Waals surface area contributed by atoms with Crippen molar-refractivity contribution in [3.63, 3.8) is 0 Å². The summed E-state index contributed by atoms with van der Waals surface area (Å²) in [5.74, 6) is -1.70. The summed E-state index contributed by atoms with van der Waals surface area (Å²) in [5.41, 5.74) is 12.3. The number of phenols is 1. The number of nitrogens with zero attached hydrogens (tertiary/aromatic N) is 3. The standard InChI is InChI=1S/C40H33N7O8/c48-35-22-34(54-26-29-5-2-1-3-6-29)17-16-33(35)25-43-44-39(51)31-14-9-27(10-15-31)11-19-37(50)47-55-38-20-13-30(23-41-38)24-42-45-40(52)32-8-4-7-28(21-32)12-18-36(49)46-53/h1-25,48,53H,26H2,(H,44,51)(H,45,52)(H,46,49)(H,47,50)/b18-12+,19-11+,42-24+,43-25+. The summed E-state index contributed by atoms with van der Waals surface area (Å²) in [6.07, 6.45) is 9.41. The summed E-state index contributed by atoms with van der Waals surface area (Å²) in [6, 6.07) is 30.3. The van der Waals surface area contributed by atoms with Crippen molar-refractivity contribution in [1.29, 1.82) is 0 Å². The molecular weight excluding hydrogens is 706 g/mol. The van der Waals surface area contributed by atoms with Crippen molar-refractivity contribution < 1.29 is 39.1 Å². The van der Waals surface area contributed by atoms with Crippen molar-refractivity contribution in [2.75, 3.05) is 0 Å². The SMILES string of the molecule is O=C(/C=C/c1cccc(C(=O)N/N=C/c2ccc(ONC(=O)/C=C/c3ccc(C(=O)N/N=C/c4ccc(OCc5ccccc5)cc4O)cc3)nc2)c1)NO. The first-order chi connectivity index (χ1) is 26.7. The molecular formula is C40H33N7O8. The highest BCUT2D eigenvalue weighted by Crippen LogP contribution is 2.23. The van der Waals surface area contributed by atoms with Gasteiger partial charge in [-0.2, -0.15) is 15.7 Å². The summed E-state index contributed by atoms with van der Waals surface area (Å²) < 4.78 is 5.71. The molecule has 55 heavy (non-hydrogen) atoms. The Labute approximate surface area is 314 Å². The Morgan fingerprint density at radius 3 is 2.13 bits per heavy atom. The van der Waals surface area contributed by atoms with Crippen molar-refractivity contribution in [3.05, 3.63) is 166 Å². The molecule has 0 unspecified atom stereocenters. The lowest BCUT2D eigenvalue weighted by atomic mass is 10.1. The predicted octanol–water partition coefficient (Wildman–Crippen LogP) is 4.54. The minimum absolute atomic E-state index is 0.0567. The van der Waals surface area contributed by atoms with E-state index in [4.69, 9.17) is 14.8 Å². The second-order valence-corrected chi connectivity index (χ2v) is 11.3. The van der Waals surface area contributed by atoms with Crippen LogP contribution in [0.2, 0.25) is 0 Å². The number of amides is 4. The van der Waals surface area contributed by atoms with Crippen molar-refractivity contribution in [2.24, 2.45) is 10.2 Å². The molecule has 5 rings (SSSR count). The second kappa shape index (κ2) is 19.6. The topological polar surface area (TPSA) is 213 Å². The predicted molar refractivity (Wildman–Crippen MR) is 203 cm³/mol. The Balaban J connectivity index is 1.02. The third kappa shape index (κ3) is 12.4. The highest BCUT2D eigenvalue weighted by atomic mass is 16.7. The number of rotatable bonds is 15. The van der Waals surface area contributed by atoms with Crippen LogP contribution in [-0.2, 0) is 16.2 Å². The molecule has 0 aliphatic heterocycles. The smallest absolute Gasteiger partial charge is 0.276 e. The van der Waals surface area contributed by atoms with E-state index in [1.807, 2.05) is 30.3 Å². The number of hydrazone groups is 2. The van der Waals surface area contributed by atoms with Crippen molar-refractivity contribution in [1.82, 2.24) is 26.8 Å². The number of aromatic hydroxyl groups is 1. The van der Waals surface area contributed by atoms with E-state index >= 15 is 0 Å². The number of pyridine rings is 1. The molecule has 0 atom stereocenters. The second-order valence-electron chi connectivity index (χ2n) is 11.3. The maximum Gasteiger partial charge on any atom is 0.276 e. The number of hydrogen-bond donors (Lipinski definition) is 6. The zero-order valence-corrected chi connectivity index (χ0v) is 28.8. The van der Waals surface area contributed by atoms with E-state index in [0.29, 0.717) is 45.7 Å². The van der Waals surface area contributed by atoms with Crippen LogP contribution in [0.25, 0.3) is 12.2 Å². The van der Waals surface area contributed by atoms with Gasteiger partial charge in [0.05, 0.1) is 12.4 Å². The van der Waals surface area contributed by atoms with Crippen LogP contribution >= 0.6 is 0 Å². The molecule has 15 nitrogen and oxygen atoms in total. The molecule has 1 heterocycles. The molecule has 1 aromatic heterocycles. The minimum Gasteiger partial charge on any atom is -0.507 e. The fraction of sp³-hybridized carbons (Fsp3) is 0.0250. The Morgan fingerprint density at radius 2 is 1.40 bits per heavy atom. The van der Waals surface area contributed by atoms with Crippen LogP contribution in [0.4, 0.5) is 0 Å². The number of aromatic nitrogens is 1. The van der Waals surface area contributed by atoms with E-state index in [2.05, 4.69) is 31.5 Å². The van der Waals surface area contributed by atoms with E-state index in [1.165, 1.54) is 54.5 Å². The third-order valence-electron chi connectivity index (χ3n) is 7.30. The number of benzene rings is 4. The lowest BCUT2D eigenvalue weighted by Crippen LogP contribution is -2.25. The largest absolute Gasteiger partial charge is 0.507 e. The summed E-state index contributed by atoms with van der Waals surface area (Å²) >= 11 is 0. The van der Waals surface area contributed by atoms with Gasteiger partial charge in [-0.05, 0) is 71.3 Å². The summed E-state index contributed by atoms with van der Waals surface area (Å²) in [4.78, 5) is 57.7. The number of hydrogen-bond acceptors (Lipinski definition) is 11. The highest BCUT2D eigenvalue weighted by Gasteiger charge is 2.07. The molecule has 5 aromatic rings. The first kappa shape index (κ1) is 38.3. The average Bonchev–Trinajstić information content (AvgIpc) is 3.22. The average molecular weight is 740 g/mol. The fourth-order valence-electron chi connectivity index (χ4n) is 4.49. The molecule has 0 saturated carbocycles. The molecule has 0 aliphatic carbocycles. The number of hydroxylamine groups is 2. The molecule has 276 valence electrons. The highest BCUT2D eigenvalue weighted by molar-refractivity contribution is 5.97. The van der Waals surface area contributed by atoms with E-state index in [-0.39, 0.29) is 11.6 Å². The molecule has 0 saturated heterocycles. The van der Waals surface area contributed by atoms with Crippen LogP contribution in [0.15, 0.2) is 138 Å². The maximum absolute atomic E-state index is 12.5. The molecule has 0 radical (unpaired) electrons. The zero-order chi connectivity index (χ0) is 38.8. The first-order valence-corrected chi connectivity index (χ1v) is 16.4. The minimum atomic E-state index is -0.704. The molecule has 0 fully saturated rings. The lowest BCUT2D eigenvalue weighted by molar-refractivity contribution is -0.124. The number of carbonyl (C=O) groups excluding carboxylic acids is 4. The van der Waals surface area contributed by atoms with Crippen LogP contribution in [0.1, 0.15) is 48.5 Å². The fourth-order valence-corrected chi connectivity index (χ4v) is 4.49. The Hall–Kier alpha value is -7.91. The van der Waals surface area contributed by atoms with Gasteiger partial charge >= 0.3 is 0 Å². The summed E-state index contributed by atoms with van der Waals surface area (Å²) in [5, 5.41) is 26.7. The van der Waals surface area contributed by atoms with Gasteiger partial charge < -0.3 is 14.7 Å². The van der Waals surface area contributed by atoms with Crippen molar-refractivity contribution in [2.45, 2.75) is 6.61 Å². The molecule has 0 aliphatic rings. The molecule has 0 spiro atoms. The van der Waals surface area contributed by atoms with E-state index < -0.39 is 23.6 Å². The Bertz CT molecular complexity index is 2240. The van der Waals surface area contributed by atoms with Gasteiger partial charge in [-0.1, -0.05) is 54.6 Å². The normalized spacial score (nSPS) is 11.1. The third-order valence-corrected chi connectivity index (χ3v) is 7.30. The molecule has 4 aromatic carbocycles. The monoisotopic (exact) mass is 739 g/mol. The Kier molecular flexibility index (Phi) is 13.7. The van der Waals surface area contributed by atoms with Crippen molar-refractivity contribution >= 4 is 48.2 Å². The van der Waals surface area contributed by atoms with Gasteiger partial charge in [0.15, 0.2) is 0 Å². The lowest BCUT2D eigenvalue weighted by Gasteiger charge is -2.08. The number of carbonyl (C=O) groups is 4. The number of nitrogens with one attached hydrogen (secondary N) is 4. The first-order valence-electron chi connectivity index (χ1n) is 16.4. The van der Waals surface area contributed by atoms with Gasteiger partial charge in [-0.3, -0.25) is 24.4 Å². The molecule has 15 heteroatoms. The number of ether oxygens (including phenoxy) is 1. The van der Waals surface area contributed by atoms with Gasteiger partial charge in [0.25, 0.3) is 23.6 Å². The summed E-state index contributed by atoms with van der Waals surface area (Å²) in [7, 11) is 0. The Morgan fingerprint density at radius 1 is 0.691 bits per heavy atom. The molecule has 4 amide bonds. The van der Waals surface area contributed by atoms with E-state index in [9.17, 15) is 24.3 Å². The van der Waals surface area contributed by atoms with Crippen LogP contribution < -0.4 is 31.4 Å². The van der Waals surface area contributed by atoms with Gasteiger partial charge in [-0.15, -0.1) is 0 Å². The van der Waals surface area contributed by atoms with Crippen LogP contribution in [-0.4, -0.2) is 51.4 Å². The number of phenolic OH excluding ortho intramolecular Hbond substituents is 1. The van der Waals surface area contributed by atoms with Crippen LogP contribution in [0.5, 0.6) is 17.4 Å². The van der Waals surface area contributed by atoms with Crippen molar-refractivity contribution in [3.8, 4) is 17.4 Å². The zero-order valence-electron chi connectivity index (χ0n) is 28.8. The van der Waals surface area contributed by atoms with E-state index in [0.717, 1.165) is 11.6 Å². The molecule has 0 bridgehead atoms. The van der Waals surface area contributed by atoms with Gasteiger partial charge in [-0.25, -0.2) is 21.3 Å². The quantitative estimate of drug-likeness (QED) is 0.0385. The maximum atomic E-state index is 12.5. The van der Waals surface area contributed by atoms with Gasteiger partial charge in [0, 0.05) is 52.7 Å². The van der Waals surface area contributed by atoms with Gasteiger partial charge in [0.1, 0.15) is 18.1 Å². The summed E-state index contributed by atoms with van der Waals surface area (Å²) in [6.45, 7) is 0.356. The van der Waals surface area contributed by atoms with Gasteiger partial charge in [0.2, 0.25) is 5.88 Å².